The Morgan fingerprint density at radius 1 is 1.40 bits per heavy atom. The van der Waals surface area contributed by atoms with Crippen LogP contribution in [0.4, 0.5) is 4.79 Å². The van der Waals surface area contributed by atoms with E-state index in [0.717, 1.165) is 24.9 Å². The molecule has 0 aliphatic heterocycles. The summed E-state index contributed by atoms with van der Waals surface area (Å²) in [7, 11) is 0. The molecule has 1 atom stereocenters. The van der Waals surface area contributed by atoms with Gasteiger partial charge in [0.2, 0.25) is 0 Å². The van der Waals surface area contributed by atoms with E-state index in [1.165, 1.54) is 0 Å². The Bertz CT molecular complexity index is 418. The third kappa shape index (κ3) is 3.97. The Hall–Kier alpha value is -1.55. The summed E-state index contributed by atoms with van der Waals surface area (Å²) < 4.78 is 0. The van der Waals surface area contributed by atoms with Crippen LogP contribution in [0.2, 0.25) is 0 Å². The van der Waals surface area contributed by atoms with Gasteiger partial charge in [0.15, 0.2) is 0 Å². The van der Waals surface area contributed by atoms with Crippen molar-refractivity contribution in [2.24, 2.45) is 0 Å². The molecule has 1 aliphatic carbocycles. The number of urea groups is 1. The largest absolute Gasteiger partial charge is 0.396 e. The molecule has 1 aromatic carbocycles. The summed E-state index contributed by atoms with van der Waals surface area (Å²) in [6.45, 7) is 3.48. The predicted molar refractivity (Wildman–Crippen MR) is 79.7 cm³/mol. The summed E-state index contributed by atoms with van der Waals surface area (Å²) in [5.41, 5.74) is 1.16. The van der Waals surface area contributed by atoms with Crippen molar-refractivity contribution < 1.29 is 9.90 Å². The molecule has 2 N–H and O–H groups in total. The number of amides is 2. The van der Waals surface area contributed by atoms with Crippen molar-refractivity contribution in [1.82, 2.24) is 10.2 Å². The van der Waals surface area contributed by atoms with Gasteiger partial charge in [-0.25, -0.2) is 4.79 Å². The molecule has 1 unspecified atom stereocenters. The highest BCUT2D eigenvalue weighted by Crippen LogP contribution is 2.26. The Morgan fingerprint density at radius 3 is 2.65 bits per heavy atom. The fourth-order valence-corrected chi connectivity index (χ4v) is 2.53. The van der Waals surface area contributed by atoms with Gasteiger partial charge in [-0.2, -0.15) is 0 Å². The molecule has 1 aromatic rings. The first-order valence-electron chi connectivity index (χ1n) is 7.46. The van der Waals surface area contributed by atoms with Crippen LogP contribution in [0.15, 0.2) is 30.3 Å². The van der Waals surface area contributed by atoms with Crippen LogP contribution in [0.25, 0.3) is 0 Å². The number of nitrogens with zero attached hydrogens (tertiary/aromatic N) is 1. The molecule has 2 amide bonds. The standard InChI is InChI=1S/C16H24N2O2/c1-2-18(15-8-9-15)16(20)17-12-14(10-11-19)13-6-4-3-5-7-13/h3-7,14-15,19H,2,8-12H2,1H3,(H,17,20). The van der Waals surface area contributed by atoms with Crippen LogP contribution in [-0.2, 0) is 0 Å². The first-order chi connectivity index (χ1) is 9.76. The predicted octanol–water partition coefficient (Wildman–Crippen LogP) is 2.35. The molecule has 0 aromatic heterocycles. The fraction of sp³-hybridized carbons (Fsp3) is 0.562. The molecule has 1 fully saturated rings. The minimum absolute atomic E-state index is 0.0221. The molecule has 0 bridgehead atoms. The average molecular weight is 276 g/mol. The number of rotatable bonds is 7. The molecule has 2 rings (SSSR count). The van der Waals surface area contributed by atoms with E-state index < -0.39 is 0 Å². The lowest BCUT2D eigenvalue weighted by molar-refractivity contribution is 0.196. The zero-order valence-corrected chi connectivity index (χ0v) is 12.1. The number of nitrogens with one attached hydrogen (secondary N) is 1. The van der Waals surface area contributed by atoms with Gasteiger partial charge in [0.05, 0.1) is 0 Å². The molecule has 0 spiro atoms. The van der Waals surface area contributed by atoms with Gasteiger partial charge in [0.25, 0.3) is 0 Å². The number of carbonyl (C=O) groups excluding carboxylic acids is 1. The smallest absolute Gasteiger partial charge is 0.317 e. The maximum absolute atomic E-state index is 12.1. The van der Waals surface area contributed by atoms with E-state index in [-0.39, 0.29) is 18.6 Å². The average Bonchev–Trinajstić information content (AvgIpc) is 3.30. The number of aliphatic hydroxyl groups excluding tert-OH is 1. The second-order valence-corrected chi connectivity index (χ2v) is 5.32. The van der Waals surface area contributed by atoms with E-state index >= 15 is 0 Å². The molecule has 4 heteroatoms. The van der Waals surface area contributed by atoms with Crippen LogP contribution in [0.5, 0.6) is 0 Å². The molecule has 0 heterocycles. The minimum atomic E-state index is 0.0221. The summed E-state index contributed by atoms with van der Waals surface area (Å²) in [6.07, 6.45) is 2.92. The molecular weight excluding hydrogens is 252 g/mol. The molecule has 4 nitrogen and oxygen atoms in total. The normalized spacial score (nSPS) is 15.7. The lowest BCUT2D eigenvalue weighted by atomic mass is 9.96. The fourth-order valence-electron chi connectivity index (χ4n) is 2.53. The second-order valence-electron chi connectivity index (χ2n) is 5.32. The van der Waals surface area contributed by atoms with Gasteiger partial charge in [0.1, 0.15) is 0 Å². The van der Waals surface area contributed by atoms with Crippen molar-refractivity contribution in [3.8, 4) is 0 Å². The number of carbonyl (C=O) groups is 1. The topological polar surface area (TPSA) is 52.6 Å². The van der Waals surface area contributed by atoms with Gasteiger partial charge in [-0.15, -0.1) is 0 Å². The Labute approximate surface area is 120 Å². The van der Waals surface area contributed by atoms with E-state index in [0.29, 0.717) is 19.0 Å². The van der Waals surface area contributed by atoms with Gasteiger partial charge >= 0.3 is 6.03 Å². The van der Waals surface area contributed by atoms with Gasteiger partial charge in [-0.1, -0.05) is 30.3 Å². The van der Waals surface area contributed by atoms with E-state index in [2.05, 4.69) is 5.32 Å². The highest BCUT2D eigenvalue weighted by molar-refractivity contribution is 5.74. The molecule has 1 saturated carbocycles. The molecule has 0 radical (unpaired) electrons. The van der Waals surface area contributed by atoms with Gasteiger partial charge in [0, 0.05) is 31.7 Å². The van der Waals surface area contributed by atoms with E-state index in [4.69, 9.17) is 0 Å². The summed E-state index contributed by atoms with van der Waals surface area (Å²) in [6, 6.07) is 10.5. The third-order valence-electron chi connectivity index (χ3n) is 3.84. The second kappa shape index (κ2) is 7.29. The van der Waals surface area contributed by atoms with Gasteiger partial charge in [-0.3, -0.25) is 0 Å². The van der Waals surface area contributed by atoms with Crippen molar-refractivity contribution in [3.63, 3.8) is 0 Å². The number of aliphatic hydroxyl groups is 1. The van der Waals surface area contributed by atoms with Crippen molar-refractivity contribution in [2.45, 2.75) is 38.1 Å². The monoisotopic (exact) mass is 276 g/mol. The Morgan fingerprint density at radius 2 is 2.10 bits per heavy atom. The van der Waals surface area contributed by atoms with Crippen LogP contribution in [-0.4, -0.2) is 41.8 Å². The highest BCUT2D eigenvalue weighted by Gasteiger charge is 2.31. The lowest BCUT2D eigenvalue weighted by Gasteiger charge is -2.23. The van der Waals surface area contributed by atoms with Gasteiger partial charge < -0.3 is 15.3 Å². The Kier molecular flexibility index (Phi) is 5.41. The highest BCUT2D eigenvalue weighted by atomic mass is 16.3. The summed E-state index contributed by atoms with van der Waals surface area (Å²) in [5, 5.41) is 12.2. The number of hydrogen-bond donors (Lipinski definition) is 2. The maximum atomic E-state index is 12.1. The van der Waals surface area contributed by atoms with Crippen molar-refractivity contribution in [1.29, 1.82) is 0 Å². The molecule has 0 saturated heterocycles. The van der Waals surface area contributed by atoms with E-state index in [1.54, 1.807) is 0 Å². The van der Waals surface area contributed by atoms with Gasteiger partial charge in [-0.05, 0) is 31.7 Å². The molecule has 20 heavy (non-hydrogen) atoms. The lowest BCUT2D eigenvalue weighted by Crippen LogP contribution is -2.42. The zero-order chi connectivity index (χ0) is 14.4. The first kappa shape index (κ1) is 14.9. The summed E-state index contributed by atoms with van der Waals surface area (Å²) >= 11 is 0. The maximum Gasteiger partial charge on any atom is 0.317 e. The zero-order valence-electron chi connectivity index (χ0n) is 12.1. The molecule has 1 aliphatic rings. The van der Waals surface area contributed by atoms with Crippen LogP contribution in [0.3, 0.4) is 0 Å². The number of benzene rings is 1. The van der Waals surface area contributed by atoms with Crippen molar-refractivity contribution in [2.75, 3.05) is 19.7 Å². The van der Waals surface area contributed by atoms with E-state index in [9.17, 15) is 9.90 Å². The SMILES string of the molecule is CCN(C(=O)NCC(CCO)c1ccccc1)C1CC1. The molecule has 110 valence electrons. The molecular formula is C16H24N2O2. The van der Waals surface area contributed by atoms with Crippen molar-refractivity contribution in [3.05, 3.63) is 35.9 Å². The quantitative estimate of drug-likeness (QED) is 0.803. The van der Waals surface area contributed by atoms with Crippen LogP contribution < -0.4 is 5.32 Å². The first-order valence-corrected chi connectivity index (χ1v) is 7.46. The third-order valence-corrected chi connectivity index (χ3v) is 3.84. The Balaban J connectivity index is 1.90. The van der Waals surface area contributed by atoms with Crippen LogP contribution in [0, 0.1) is 0 Å². The van der Waals surface area contributed by atoms with E-state index in [1.807, 2.05) is 42.2 Å². The summed E-state index contributed by atoms with van der Waals surface area (Å²) in [4.78, 5) is 14.1. The summed E-state index contributed by atoms with van der Waals surface area (Å²) in [5.74, 6) is 0.169. The van der Waals surface area contributed by atoms with Crippen LogP contribution >= 0.6 is 0 Å². The van der Waals surface area contributed by atoms with Crippen LogP contribution in [0.1, 0.15) is 37.7 Å². The minimum Gasteiger partial charge on any atom is -0.396 e. The number of hydrogen-bond acceptors (Lipinski definition) is 2. The van der Waals surface area contributed by atoms with Crippen molar-refractivity contribution >= 4 is 6.03 Å².